The molecule has 0 aromatic heterocycles. The number of aldehydes is 2. The van der Waals surface area contributed by atoms with Gasteiger partial charge in [-0.05, 0) is 47.2 Å². The lowest BCUT2D eigenvalue weighted by molar-refractivity contribution is -0.114. The van der Waals surface area contributed by atoms with Crippen LogP contribution in [-0.4, -0.2) is 24.0 Å². The number of hydrogen-bond donors (Lipinski definition) is 2. The number of benzene rings is 2. The van der Waals surface area contributed by atoms with Crippen LogP contribution < -0.4 is 10.6 Å². The van der Waals surface area contributed by atoms with Gasteiger partial charge in [0.25, 0.3) is 0 Å². The maximum Gasteiger partial charge on any atom is 0.185 e. The van der Waals surface area contributed by atoms with Crippen LogP contribution in [0.1, 0.15) is 62.3 Å². The summed E-state index contributed by atoms with van der Waals surface area (Å²) >= 11 is 0. The van der Waals surface area contributed by atoms with E-state index in [1.807, 2.05) is 65.8 Å². The zero-order chi connectivity index (χ0) is 22.8. The first-order valence-electron chi connectivity index (χ1n) is 10.5. The van der Waals surface area contributed by atoms with Gasteiger partial charge in [-0.15, -0.1) is 0 Å². The monoisotopic (exact) mass is 416 g/mol. The van der Waals surface area contributed by atoms with Crippen molar-refractivity contribution in [1.29, 1.82) is 0 Å². The van der Waals surface area contributed by atoms with E-state index in [2.05, 4.69) is 10.6 Å². The van der Waals surface area contributed by atoms with Crippen LogP contribution in [0, 0.1) is 10.8 Å². The minimum atomic E-state index is -0.801. The maximum absolute atomic E-state index is 13.4. The molecule has 2 aromatic rings. The summed E-state index contributed by atoms with van der Waals surface area (Å²) in [5, 5.41) is 8.54. The molecule has 160 valence electrons. The van der Waals surface area contributed by atoms with Crippen LogP contribution >= 0.6 is 0 Å². The van der Waals surface area contributed by atoms with Crippen molar-refractivity contribution in [3.8, 4) is 0 Å². The van der Waals surface area contributed by atoms with Crippen molar-refractivity contribution in [2.24, 2.45) is 10.8 Å². The van der Waals surface area contributed by atoms with Crippen LogP contribution in [0.25, 0.3) is 10.8 Å². The van der Waals surface area contributed by atoms with Crippen LogP contribution in [-0.2, 0) is 4.79 Å². The number of hydrogen-bond acceptors (Lipinski definition) is 5. The summed E-state index contributed by atoms with van der Waals surface area (Å²) in [6.07, 6.45) is 5.49. The van der Waals surface area contributed by atoms with Crippen LogP contribution in [0.5, 0.6) is 0 Å². The normalized spacial score (nSPS) is 17.5. The van der Waals surface area contributed by atoms with E-state index in [1.54, 1.807) is 12.1 Å². The highest BCUT2D eigenvalue weighted by Crippen LogP contribution is 2.46. The minimum absolute atomic E-state index is 0.0674. The van der Waals surface area contributed by atoms with Crippen LogP contribution in [0.2, 0.25) is 0 Å². The summed E-state index contributed by atoms with van der Waals surface area (Å²) in [5.41, 5.74) is 2.57. The van der Waals surface area contributed by atoms with Crippen molar-refractivity contribution >= 4 is 40.5 Å². The molecule has 0 saturated heterocycles. The van der Waals surface area contributed by atoms with Crippen LogP contribution in [0.15, 0.2) is 47.6 Å². The Kier molecular flexibility index (Phi) is 4.51. The molecule has 0 bridgehead atoms. The maximum atomic E-state index is 13.4. The zero-order valence-corrected chi connectivity index (χ0v) is 18.8. The molecule has 2 N–H and O–H groups in total. The van der Waals surface area contributed by atoms with Crippen molar-refractivity contribution in [2.75, 3.05) is 10.6 Å². The molecule has 0 atom stereocenters. The van der Waals surface area contributed by atoms with E-state index in [-0.39, 0.29) is 16.6 Å². The highest BCUT2D eigenvalue weighted by atomic mass is 16.1. The van der Waals surface area contributed by atoms with Gasteiger partial charge in [0, 0.05) is 44.4 Å². The van der Waals surface area contributed by atoms with Gasteiger partial charge < -0.3 is 10.6 Å². The van der Waals surface area contributed by atoms with Crippen molar-refractivity contribution in [1.82, 2.24) is 0 Å². The molecule has 2 aliphatic rings. The predicted octanol–water partition coefficient (Wildman–Crippen LogP) is 5.53. The second-order valence-corrected chi connectivity index (χ2v) is 10.5. The quantitative estimate of drug-likeness (QED) is 0.630. The molecule has 0 radical (unpaired) electrons. The number of ketones is 1. The predicted molar refractivity (Wildman–Crippen MR) is 125 cm³/mol. The third-order valence-electron chi connectivity index (χ3n) is 6.01. The molecule has 4 rings (SSSR count). The van der Waals surface area contributed by atoms with Gasteiger partial charge in [0.05, 0.1) is 0 Å². The number of carbonyl (C=O) groups excluding carboxylic acids is 3. The van der Waals surface area contributed by atoms with Crippen molar-refractivity contribution in [2.45, 2.75) is 47.2 Å². The molecular formula is C26H28N2O3. The fourth-order valence-corrected chi connectivity index (χ4v) is 4.46. The lowest BCUT2D eigenvalue weighted by Gasteiger charge is -2.43. The van der Waals surface area contributed by atoms with Crippen LogP contribution in [0.3, 0.4) is 0 Å². The van der Waals surface area contributed by atoms with Crippen LogP contribution in [0.4, 0.5) is 11.4 Å². The van der Waals surface area contributed by atoms with E-state index in [9.17, 15) is 14.4 Å². The Hall–Kier alpha value is -3.21. The van der Waals surface area contributed by atoms with Gasteiger partial charge >= 0.3 is 0 Å². The Morgan fingerprint density at radius 2 is 1.13 bits per heavy atom. The molecule has 1 heterocycles. The first-order valence-corrected chi connectivity index (χ1v) is 10.5. The van der Waals surface area contributed by atoms with E-state index < -0.39 is 5.66 Å². The average molecular weight is 417 g/mol. The van der Waals surface area contributed by atoms with Gasteiger partial charge in [0.2, 0.25) is 0 Å². The lowest BCUT2D eigenvalue weighted by atomic mass is 9.70. The Balaban J connectivity index is 1.99. The Morgan fingerprint density at radius 3 is 1.48 bits per heavy atom. The smallest absolute Gasteiger partial charge is 0.185 e. The molecule has 0 fully saturated rings. The molecule has 5 heteroatoms. The van der Waals surface area contributed by atoms with Gasteiger partial charge in [-0.2, -0.15) is 0 Å². The summed E-state index contributed by atoms with van der Waals surface area (Å²) in [4.78, 5) is 36.7. The molecule has 0 unspecified atom stereocenters. The van der Waals surface area contributed by atoms with E-state index in [0.29, 0.717) is 16.5 Å². The van der Waals surface area contributed by atoms with Crippen molar-refractivity contribution < 1.29 is 14.4 Å². The number of carbonyl (C=O) groups is 3. The number of anilines is 2. The Bertz CT molecular complexity index is 1120. The van der Waals surface area contributed by atoms with Crippen molar-refractivity contribution in [3.05, 3.63) is 58.7 Å². The molecular weight excluding hydrogens is 388 g/mol. The zero-order valence-electron chi connectivity index (χ0n) is 18.8. The number of Topliss-reactive ketones (excluding diaryl/α,β-unsaturated/α-hetero) is 1. The topological polar surface area (TPSA) is 75.3 Å². The highest BCUT2D eigenvalue weighted by Gasteiger charge is 2.42. The average Bonchev–Trinajstić information content (AvgIpc) is 2.68. The molecule has 1 spiro atoms. The summed E-state index contributed by atoms with van der Waals surface area (Å²) in [6, 6.07) is 7.17. The van der Waals surface area contributed by atoms with E-state index in [0.717, 1.165) is 40.5 Å². The van der Waals surface area contributed by atoms with E-state index in [1.165, 1.54) is 0 Å². The number of allylic oxidation sites excluding steroid dienone is 2. The van der Waals surface area contributed by atoms with Gasteiger partial charge in [-0.3, -0.25) is 14.4 Å². The highest BCUT2D eigenvalue weighted by molar-refractivity contribution is 6.17. The number of nitrogens with one attached hydrogen (secondary N) is 2. The van der Waals surface area contributed by atoms with E-state index in [4.69, 9.17) is 0 Å². The molecule has 1 aliphatic carbocycles. The Morgan fingerprint density at radius 1 is 0.710 bits per heavy atom. The number of rotatable bonds is 2. The first kappa shape index (κ1) is 21.0. The van der Waals surface area contributed by atoms with Gasteiger partial charge in [0.1, 0.15) is 5.66 Å². The molecule has 2 aromatic carbocycles. The van der Waals surface area contributed by atoms with Gasteiger partial charge in [-0.25, -0.2) is 0 Å². The van der Waals surface area contributed by atoms with Gasteiger partial charge in [-0.1, -0.05) is 41.5 Å². The largest absolute Gasteiger partial charge is 0.356 e. The molecule has 0 saturated carbocycles. The SMILES string of the molecule is CC(C)(C)C1=CC2(C=C(C(C)(C)C)C1=O)Nc1ccc(C=O)c3c(C=O)ccc(c13)N2. The first-order chi connectivity index (χ1) is 14.4. The molecule has 31 heavy (non-hydrogen) atoms. The molecule has 5 nitrogen and oxygen atoms in total. The Labute approximate surface area is 182 Å². The fourth-order valence-electron chi connectivity index (χ4n) is 4.46. The summed E-state index contributed by atoms with van der Waals surface area (Å²) in [5.74, 6) is 0.0674. The third kappa shape index (κ3) is 3.29. The van der Waals surface area contributed by atoms with Gasteiger partial charge in [0.15, 0.2) is 18.4 Å². The second-order valence-electron chi connectivity index (χ2n) is 10.5. The molecule has 0 amide bonds. The second kappa shape index (κ2) is 6.64. The summed E-state index contributed by atoms with van der Waals surface area (Å²) in [7, 11) is 0. The summed E-state index contributed by atoms with van der Waals surface area (Å²) < 4.78 is 0. The minimum Gasteiger partial charge on any atom is -0.356 e. The molecule has 1 aliphatic heterocycles. The van der Waals surface area contributed by atoms with Crippen molar-refractivity contribution in [3.63, 3.8) is 0 Å². The standard InChI is InChI=1S/C26H28N2O3/c1-24(2,3)17-11-26(12-18(23(17)31)25(4,5)6)27-19-9-7-15(13-29)21-16(14-30)8-10-20(28-26)22(19)21/h7-14,27-28H,1-6H3. The van der Waals surface area contributed by atoms with E-state index >= 15 is 0 Å². The lowest BCUT2D eigenvalue weighted by Crippen LogP contribution is -2.49. The summed E-state index contributed by atoms with van der Waals surface area (Å²) in [6.45, 7) is 12.3. The fraction of sp³-hybridized carbons (Fsp3) is 0.346. The third-order valence-corrected chi connectivity index (χ3v) is 6.01.